The molecule has 3 rings (SSSR count). The van der Waals surface area contributed by atoms with E-state index in [1.54, 1.807) is 12.1 Å². The fourth-order valence-electron chi connectivity index (χ4n) is 3.73. The number of para-hydroxylation sites is 1. The van der Waals surface area contributed by atoms with E-state index in [0.29, 0.717) is 0 Å². The Morgan fingerprint density at radius 1 is 1.00 bits per heavy atom. The van der Waals surface area contributed by atoms with Gasteiger partial charge in [0.2, 0.25) is 11.8 Å². The molecule has 0 radical (unpaired) electrons. The van der Waals surface area contributed by atoms with E-state index < -0.39 is 24.0 Å². The third-order valence-electron chi connectivity index (χ3n) is 5.51. The van der Waals surface area contributed by atoms with Crippen molar-refractivity contribution in [2.45, 2.75) is 51.6 Å². The summed E-state index contributed by atoms with van der Waals surface area (Å²) in [6.45, 7) is 3.61. The summed E-state index contributed by atoms with van der Waals surface area (Å²) in [7, 11) is 0. The van der Waals surface area contributed by atoms with Crippen LogP contribution in [0.4, 0.5) is 0 Å². The van der Waals surface area contributed by atoms with Crippen molar-refractivity contribution in [2.24, 2.45) is 0 Å². The lowest BCUT2D eigenvalue weighted by molar-refractivity contribution is -0.148. The molecule has 0 aliphatic rings. The molecule has 0 fully saturated rings. The number of carbonyl (C=O) groups is 3. The number of benzene rings is 2. The molecule has 8 heteroatoms. The van der Waals surface area contributed by atoms with Crippen molar-refractivity contribution in [1.29, 1.82) is 0 Å². The highest BCUT2D eigenvalue weighted by Gasteiger charge is 2.28. The summed E-state index contributed by atoms with van der Waals surface area (Å²) in [5, 5.41) is 16.0. The fraction of sp³-hybridized carbons (Fsp3) is 0.346. The number of rotatable bonds is 11. The molecule has 0 aliphatic carbocycles. The van der Waals surface area contributed by atoms with Crippen molar-refractivity contribution in [3.05, 3.63) is 65.9 Å². The van der Waals surface area contributed by atoms with Crippen LogP contribution in [0.2, 0.25) is 0 Å². The zero-order chi connectivity index (χ0) is 24.5. The summed E-state index contributed by atoms with van der Waals surface area (Å²) in [5.41, 5.74) is 2.57. The number of aromatic hydroxyl groups is 1. The number of esters is 1. The van der Waals surface area contributed by atoms with Crippen molar-refractivity contribution >= 4 is 28.7 Å². The molecule has 3 aromatic rings. The molecule has 2 atom stereocenters. The molecule has 0 spiro atoms. The van der Waals surface area contributed by atoms with Gasteiger partial charge in [-0.15, -0.1) is 0 Å². The molecule has 0 unspecified atom stereocenters. The van der Waals surface area contributed by atoms with Crippen LogP contribution in [0.3, 0.4) is 0 Å². The van der Waals surface area contributed by atoms with Crippen molar-refractivity contribution in [3.8, 4) is 5.75 Å². The van der Waals surface area contributed by atoms with Gasteiger partial charge in [0.15, 0.2) is 0 Å². The number of hydrogen-bond acceptors (Lipinski definition) is 5. The van der Waals surface area contributed by atoms with Gasteiger partial charge in [-0.25, -0.2) is 4.79 Å². The number of aromatic nitrogens is 1. The highest BCUT2D eigenvalue weighted by atomic mass is 16.5. The van der Waals surface area contributed by atoms with E-state index in [-0.39, 0.29) is 31.1 Å². The zero-order valence-corrected chi connectivity index (χ0v) is 19.5. The number of aromatic amines is 1. The molecule has 0 bridgehead atoms. The van der Waals surface area contributed by atoms with Gasteiger partial charge in [-0.05, 0) is 35.7 Å². The Bertz CT molecular complexity index is 1120. The van der Waals surface area contributed by atoms with E-state index in [4.69, 9.17) is 4.74 Å². The quantitative estimate of drug-likeness (QED) is 0.256. The van der Waals surface area contributed by atoms with Crippen molar-refractivity contribution in [3.63, 3.8) is 0 Å². The van der Waals surface area contributed by atoms with Crippen molar-refractivity contribution in [2.75, 3.05) is 6.61 Å². The summed E-state index contributed by atoms with van der Waals surface area (Å²) >= 11 is 0. The van der Waals surface area contributed by atoms with Gasteiger partial charge in [-0.3, -0.25) is 9.59 Å². The highest BCUT2D eigenvalue weighted by molar-refractivity contribution is 5.91. The summed E-state index contributed by atoms with van der Waals surface area (Å²) in [6, 6.07) is 12.3. The minimum absolute atomic E-state index is 0.110. The number of carbonyl (C=O) groups excluding carboxylic acids is 3. The van der Waals surface area contributed by atoms with Crippen LogP contribution >= 0.6 is 0 Å². The van der Waals surface area contributed by atoms with Gasteiger partial charge in [-0.2, -0.15) is 0 Å². The molecule has 4 N–H and O–H groups in total. The van der Waals surface area contributed by atoms with Crippen LogP contribution in [-0.2, 0) is 32.0 Å². The SMILES string of the molecule is CCCCOC(=O)[C@H](Cc1ccc(O)cc1)NC(=O)[C@H](Cc1c[nH]c2ccccc12)NC(C)=O. The largest absolute Gasteiger partial charge is 0.508 e. The molecule has 180 valence electrons. The third kappa shape index (κ3) is 6.84. The number of unbranched alkanes of at least 4 members (excludes halogenated alkanes) is 1. The van der Waals surface area contributed by atoms with Crippen LogP contribution in [0.25, 0.3) is 10.9 Å². The van der Waals surface area contributed by atoms with Gasteiger partial charge in [0.1, 0.15) is 17.8 Å². The van der Waals surface area contributed by atoms with Crippen molar-refractivity contribution < 1.29 is 24.2 Å². The zero-order valence-electron chi connectivity index (χ0n) is 19.5. The predicted octanol–water partition coefficient (Wildman–Crippen LogP) is 2.99. The smallest absolute Gasteiger partial charge is 0.328 e. The molecule has 0 saturated heterocycles. The van der Waals surface area contributed by atoms with E-state index in [0.717, 1.165) is 34.9 Å². The fourth-order valence-corrected chi connectivity index (χ4v) is 3.73. The molecular formula is C26H31N3O5. The van der Waals surface area contributed by atoms with Crippen molar-refractivity contribution in [1.82, 2.24) is 15.6 Å². The molecular weight excluding hydrogens is 434 g/mol. The minimum Gasteiger partial charge on any atom is -0.508 e. The number of amides is 2. The van der Waals surface area contributed by atoms with Gasteiger partial charge in [0.05, 0.1) is 6.61 Å². The maximum absolute atomic E-state index is 13.2. The van der Waals surface area contributed by atoms with E-state index in [2.05, 4.69) is 15.6 Å². The first-order valence-electron chi connectivity index (χ1n) is 11.4. The summed E-state index contributed by atoms with van der Waals surface area (Å²) in [5.74, 6) is -1.25. The normalized spacial score (nSPS) is 12.6. The standard InChI is InChI=1S/C26H31N3O5/c1-3-4-13-34-26(33)24(14-18-9-11-20(31)12-10-18)29-25(32)23(28-17(2)30)15-19-16-27-22-8-6-5-7-21(19)22/h5-12,16,23-24,27,31H,3-4,13-15H2,1-2H3,(H,28,30)(H,29,32)/t23-,24-/m0/s1. The maximum atomic E-state index is 13.2. The Hall–Kier alpha value is -3.81. The number of nitrogens with one attached hydrogen (secondary N) is 3. The van der Waals surface area contributed by atoms with Gasteiger partial charge >= 0.3 is 5.97 Å². The maximum Gasteiger partial charge on any atom is 0.328 e. The number of phenolic OH excluding ortho intramolecular Hbond substituents is 1. The van der Waals surface area contributed by atoms with Crippen LogP contribution in [0.15, 0.2) is 54.7 Å². The lowest BCUT2D eigenvalue weighted by Crippen LogP contribution is -2.53. The van der Waals surface area contributed by atoms with Gasteiger partial charge in [-0.1, -0.05) is 43.7 Å². The molecule has 1 heterocycles. The Morgan fingerprint density at radius 2 is 1.74 bits per heavy atom. The Kier molecular flexibility index (Phi) is 8.67. The number of fused-ring (bicyclic) bond motifs is 1. The van der Waals surface area contributed by atoms with Gasteiger partial charge < -0.3 is 25.5 Å². The van der Waals surface area contributed by atoms with Crippen LogP contribution in [-0.4, -0.2) is 46.6 Å². The number of hydrogen-bond donors (Lipinski definition) is 4. The molecule has 2 aromatic carbocycles. The van der Waals surface area contributed by atoms with Gasteiger partial charge in [0.25, 0.3) is 0 Å². The van der Waals surface area contributed by atoms with Crippen LogP contribution in [0.5, 0.6) is 5.75 Å². The van der Waals surface area contributed by atoms with Crippen LogP contribution < -0.4 is 10.6 Å². The first-order valence-corrected chi connectivity index (χ1v) is 11.4. The molecule has 8 nitrogen and oxygen atoms in total. The summed E-state index contributed by atoms with van der Waals surface area (Å²) in [4.78, 5) is 41.1. The first kappa shape index (κ1) is 24.8. The van der Waals surface area contributed by atoms with Crippen LogP contribution in [0, 0.1) is 0 Å². The predicted molar refractivity (Wildman–Crippen MR) is 129 cm³/mol. The molecule has 0 saturated carbocycles. The number of ether oxygens (including phenoxy) is 1. The topological polar surface area (TPSA) is 121 Å². The number of H-pyrrole nitrogens is 1. The van der Waals surface area contributed by atoms with Crippen LogP contribution in [0.1, 0.15) is 37.8 Å². The molecule has 2 amide bonds. The first-order chi connectivity index (χ1) is 16.4. The Labute approximate surface area is 198 Å². The second-order valence-corrected chi connectivity index (χ2v) is 8.27. The monoisotopic (exact) mass is 465 g/mol. The second-order valence-electron chi connectivity index (χ2n) is 8.27. The van der Waals surface area contributed by atoms with E-state index in [1.165, 1.54) is 19.1 Å². The van der Waals surface area contributed by atoms with E-state index >= 15 is 0 Å². The average molecular weight is 466 g/mol. The van der Waals surface area contributed by atoms with E-state index in [9.17, 15) is 19.5 Å². The molecule has 0 aliphatic heterocycles. The lowest BCUT2D eigenvalue weighted by atomic mass is 10.0. The Morgan fingerprint density at radius 3 is 2.44 bits per heavy atom. The van der Waals surface area contributed by atoms with E-state index in [1.807, 2.05) is 37.4 Å². The Balaban J connectivity index is 1.78. The third-order valence-corrected chi connectivity index (χ3v) is 5.51. The summed E-state index contributed by atoms with van der Waals surface area (Å²) < 4.78 is 5.37. The molecule has 1 aromatic heterocycles. The minimum atomic E-state index is -0.937. The number of phenols is 1. The highest BCUT2D eigenvalue weighted by Crippen LogP contribution is 2.19. The average Bonchev–Trinajstić information content (AvgIpc) is 3.22. The molecule has 34 heavy (non-hydrogen) atoms. The lowest BCUT2D eigenvalue weighted by Gasteiger charge is -2.22. The van der Waals surface area contributed by atoms with Gasteiger partial charge in [0, 0.05) is 36.9 Å². The summed E-state index contributed by atoms with van der Waals surface area (Å²) in [6.07, 6.45) is 3.86. The second kappa shape index (κ2) is 11.9.